The van der Waals surface area contributed by atoms with Gasteiger partial charge in [-0.2, -0.15) is 4.98 Å². The lowest BCUT2D eigenvalue weighted by molar-refractivity contribution is 0.306. The Morgan fingerprint density at radius 1 is 0.857 bits per heavy atom. The molecule has 0 radical (unpaired) electrons. The number of rotatable bonds is 6. The van der Waals surface area contributed by atoms with Crippen molar-refractivity contribution in [3.63, 3.8) is 0 Å². The highest BCUT2D eigenvalue weighted by Gasteiger charge is 2.11. The van der Waals surface area contributed by atoms with Gasteiger partial charge in [0.1, 0.15) is 18.1 Å². The first-order chi connectivity index (χ1) is 13.7. The Morgan fingerprint density at radius 3 is 2.46 bits per heavy atom. The Morgan fingerprint density at radius 2 is 1.68 bits per heavy atom. The molecule has 0 saturated carbocycles. The molecule has 4 aromatic rings. The summed E-state index contributed by atoms with van der Waals surface area (Å²) in [5.41, 5.74) is 4.04. The van der Waals surface area contributed by atoms with E-state index in [0.29, 0.717) is 18.3 Å². The minimum atomic E-state index is 0.452. The molecule has 0 aliphatic rings. The number of nitrogens with zero attached hydrogens (tertiary/aromatic N) is 2. The molecule has 0 unspecified atom stereocenters. The second kappa shape index (κ2) is 7.96. The Kier molecular flexibility index (Phi) is 5.06. The number of aryl methyl sites for hydroxylation is 1. The van der Waals surface area contributed by atoms with Crippen LogP contribution in [0.25, 0.3) is 22.8 Å². The first kappa shape index (κ1) is 17.8. The summed E-state index contributed by atoms with van der Waals surface area (Å²) in [6.45, 7) is 2.60. The van der Waals surface area contributed by atoms with Gasteiger partial charge in [0.25, 0.3) is 5.89 Å². The van der Waals surface area contributed by atoms with E-state index in [4.69, 9.17) is 14.0 Å². The highest BCUT2D eigenvalue weighted by Crippen LogP contribution is 2.26. The van der Waals surface area contributed by atoms with E-state index >= 15 is 0 Å². The van der Waals surface area contributed by atoms with Crippen LogP contribution in [-0.2, 0) is 6.61 Å². The molecular formula is C23H20N2O3. The van der Waals surface area contributed by atoms with Crippen LogP contribution in [0.15, 0.2) is 77.3 Å². The maximum absolute atomic E-state index is 5.86. The Hall–Kier alpha value is -3.60. The molecule has 28 heavy (non-hydrogen) atoms. The average molecular weight is 372 g/mol. The van der Waals surface area contributed by atoms with Crippen LogP contribution in [0.4, 0.5) is 0 Å². The quantitative estimate of drug-likeness (QED) is 0.460. The second-order valence-electron chi connectivity index (χ2n) is 6.46. The van der Waals surface area contributed by atoms with Crippen LogP contribution in [0.3, 0.4) is 0 Å². The van der Waals surface area contributed by atoms with Gasteiger partial charge in [0.15, 0.2) is 0 Å². The lowest BCUT2D eigenvalue weighted by Crippen LogP contribution is -1.95. The van der Waals surface area contributed by atoms with Gasteiger partial charge in [0, 0.05) is 11.1 Å². The zero-order valence-corrected chi connectivity index (χ0v) is 15.8. The molecule has 5 nitrogen and oxygen atoms in total. The molecule has 0 N–H and O–H groups in total. The predicted octanol–water partition coefficient (Wildman–Crippen LogP) is 5.30. The van der Waals surface area contributed by atoms with Gasteiger partial charge in [-0.25, -0.2) is 0 Å². The Balaban J connectivity index is 1.46. The van der Waals surface area contributed by atoms with E-state index in [0.717, 1.165) is 28.2 Å². The van der Waals surface area contributed by atoms with Crippen molar-refractivity contribution in [1.29, 1.82) is 0 Å². The molecule has 1 heterocycles. The summed E-state index contributed by atoms with van der Waals surface area (Å²) < 4.78 is 16.5. The number of aromatic nitrogens is 2. The van der Waals surface area contributed by atoms with Crippen LogP contribution in [-0.4, -0.2) is 17.3 Å². The van der Waals surface area contributed by atoms with Crippen molar-refractivity contribution in [2.75, 3.05) is 7.11 Å². The molecule has 0 bridgehead atoms. The van der Waals surface area contributed by atoms with E-state index < -0.39 is 0 Å². The SMILES string of the molecule is COc1cccc(-c2nc(-c3ccc(OCc4cccc(C)c4)cc3)no2)c1. The van der Waals surface area contributed by atoms with Crippen LogP contribution in [0, 0.1) is 6.92 Å². The van der Waals surface area contributed by atoms with Gasteiger partial charge in [-0.1, -0.05) is 41.1 Å². The summed E-state index contributed by atoms with van der Waals surface area (Å²) in [4.78, 5) is 4.48. The number of ether oxygens (including phenoxy) is 2. The van der Waals surface area contributed by atoms with Crippen LogP contribution >= 0.6 is 0 Å². The summed E-state index contributed by atoms with van der Waals surface area (Å²) in [7, 11) is 1.63. The predicted molar refractivity (Wildman–Crippen MR) is 107 cm³/mol. The van der Waals surface area contributed by atoms with E-state index in [2.05, 4.69) is 35.3 Å². The van der Waals surface area contributed by atoms with Gasteiger partial charge in [0.05, 0.1) is 7.11 Å². The Bertz CT molecular complexity index is 1070. The minimum Gasteiger partial charge on any atom is -0.497 e. The molecule has 0 atom stereocenters. The maximum Gasteiger partial charge on any atom is 0.258 e. The highest BCUT2D eigenvalue weighted by atomic mass is 16.5. The molecule has 0 saturated heterocycles. The molecule has 0 spiro atoms. The van der Waals surface area contributed by atoms with E-state index in [9.17, 15) is 0 Å². The third-order valence-corrected chi connectivity index (χ3v) is 4.34. The minimum absolute atomic E-state index is 0.452. The van der Waals surface area contributed by atoms with Crippen molar-refractivity contribution in [3.05, 3.63) is 83.9 Å². The smallest absolute Gasteiger partial charge is 0.258 e. The fourth-order valence-corrected chi connectivity index (χ4v) is 2.88. The standard InChI is InChI=1S/C23H20N2O3/c1-16-5-3-6-17(13-16)15-27-20-11-9-18(10-12-20)22-24-23(28-25-22)19-7-4-8-21(14-19)26-2/h3-14H,15H2,1-2H3. The lowest BCUT2D eigenvalue weighted by Gasteiger charge is -2.07. The van der Waals surface area contributed by atoms with Crippen molar-refractivity contribution in [1.82, 2.24) is 10.1 Å². The topological polar surface area (TPSA) is 57.4 Å². The van der Waals surface area contributed by atoms with Gasteiger partial charge in [-0.05, 0) is 55.0 Å². The van der Waals surface area contributed by atoms with Crippen molar-refractivity contribution >= 4 is 0 Å². The fraction of sp³-hybridized carbons (Fsp3) is 0.130. The third kappa shape index (κ3) is 4.04. The molecule has 0 fully saturated rings. The zero-order valence-electron chi connectivity index (χ0n) is 15.8. The second-order valence-corrected chi connectivity index (χ2v) is 6.46. The van der Waals surface area contributed by atoms with E-state index in [1.807, 2.05) is 54.6 Å². The lowest BCUT2D eigenvalue weighted by atomic mass is 10.1. The molecular weight excluding hydrogens is 352 g/mol. The molecule has 3 aromatic carbocycles. The van der Waals surface area contributed by atoms with E-state index in [1.54, 1.807) is 7.11 Å². The van der Waals surface area contributed by atoms with Gasteiger partial charge in [-0.15, -0.1) is 0 Å². The maximum atomic E-state index is 5.86. The van der Waals surface area contributed by atoms with Crippen LogP contribution in [0.5, 0.6) is 11.5 Å². The number of hydrogen-bond donors (Lipinski definition) is 0. The van der Waals surface area contributed by atoms with Crippen LogP contribution < -0.4 is 9.47 Å². The van der Waals surface area contributed by atoms with Gasteiger partial charge >= 0.3 is 0 Å². The highest BCUT2D eigenvalue weighted by molar-refractivity contribution is 5.61. The van der Waals surface area contributed by atoms with E-state index in [-0.39, 0.29) is 0 Å². The Labute approximate surface area is 163 Å². The van der Waals surface area contributed by atoms with Crippen molar-refractivity contribution in [2.45, 2.75) is 13.5 Å². The number of methoxy groups -OCH3 is 1. The fourth-order valence-electron chi connectivity index (χ4n) is 2.88. The summed E-state index contributed by atoms with van der Waals surface area (Å²) in [5.74, 6) is 2.52. The largest absolute Gasteiger partial charge is 0.497 e. The number of benzene rings is 3. The molecule has 1 aromatic heterocycles. The van der Waals surface area contributed by atoms with E-state index in [1.165, 1.54) is 5.56 Å². The summed E-state index contributed by atoms with van der Waals surface area (Å²) in [6, 6.07) is 23.5. The van der Waals surface area contributed by atoms with Gasteiger partial charge in [0.2, 0.25) is 5.82 Å². The van der Waals surface area contributed by atoms with Gasteiger partial charge in [-0.3, -0.25) is 0 Å². The van der Waals surface area contributed by atoms with Crippen molar-refractivity contribution < 1.29 is 14.0 Å². The summed E-state index contributed by atoms with van der Waals surface area (Å²) in [6.07, 6.45) is 0. The molecule has 0 amide bonds. The summed E-state index contributed by atoms with van der Waals surface area (Å²) in [5, 5.41) is 4.08. The summed E-state index contributed by atoms with van der Waals surface area (Å²) >= 11 is 0. The molecule has 140 valence electrons. The van der Waals surface area contributed by atoms with Gasteiger partial charge < -0.3 is 14.0 Å². The zero-order chi connectivity index (χ0) is 19.3. The molecule has 4 rings (SSSR count). The average Bonchev–Trinajstić information content (AvgIpc) is 3.23. The third-order valence-electron chi connectivity index (χ3n) is 4.34. The molecule has 0 aliphatic heterocycles. The monoisotopic (exact) mass is 372 g/mol. The van der Waals surface area contributed by atoms with Crippen molar-refractivity contribution in [3.8, 4) is 34.3 Å². The van der Waals surface area contributed by atoms with Crippen molar-refractivity contribution in [2.24, 2.45) is 0 Å². The molecule has 0 aliphatic carbocycles. The van der Waals surface area contributed by atoms with Crippen LogP contribution in [0.2, 0.25) is 0 Å². The van der Waals surface area contributed by atoms with Crippen LogP contribution in [0.1, 0.15) is 11.1 Å². The first-order valence-corrected chi connectivity index (χ1v) is 8.98. The number of hydrogen-bond acceptors (Lipinski definition) is 5. The molecule has 5 heteroatoms. The normalized spacial score (nSPS) is 10.6. The first-order valence-electron chi connectivity index (χ1n) is 8.98.